The van der Waals surface area contributed by atoms with Gasteiger partial charge in [-0.25, -0.2) is 4.79 Å². The molecule has 0 unspecified atom stereocenters. The molecular weight excluding hydrogens is 332 g/mol. The largest absolute Gasteiger partial charge is 0.378 e. The maximum Gasteiger partial charge on any atom is 0.336 e. The number of amides is 2. The summed E-state index contributed by atoms with van der Waals surface area (Å²) in [5.74, 6) is -1.99. The van der Waals surface area contributed by atoms with Crippen LogP contribution in [0.1, 0.15) is 38.6 Å². The first-order valence-corrected chi connectivity index (χ1v) is 8.44. The lowest BCUT2D eigenvalue weighted by molar-refractivity contribution is -0.170. The molecule has 2 atom stereocenters. The molecule has 2 aromatic rings. The summed E-state index contributed by atoms with van der Waals surface area (Å²) in [7, 11) is 3.93. The van der Waals surface area contributed by atoms with Crippen molar-refractivity contribution in [2.45, 2.75) is 12.3 Å². The average Bonchev–Trinajstić information content (AvgIpc) is 3.42. The first-order valence-electron chi connectivity index (χ1n) is 8.44. The Morgan fingerprint density at radius 1 is 1.00 bits per heavy atom. The van der Waals surface area contributed by atoms with Crippen LogP contribution in [0.4, 0.5) is 5.69 Å². The maximum absolute atomic E-state index is 12.4. The molecule has 0 saturated heterocycles. The zero-order valence-corrected chi connectivity index (χ0v) is 14.5. The van der Waals surface area contributed by atoms with Gasteiger partial charge in [0.15, 0.2) is 0 Å². The Kier molecular flexibility index (Phi) is 3.76. The van der Waals surface area contributed by atoms with Crippen molar-refractivity contribution < 1.29 is 19.2 Å². The van der Waals surface area contributed by atoms with Gasteiger partial charge in [-0.2, -0.15) is 0 Å². The van der Waals surface area contributed by atoms with Crippen LogP contribution in [0.3, 0.4) is 0 Å². The van der Waals surface area contributed by atoms with Crippen LogP contribution >= 0.6 is 0 Å². The molecule has 0 spiro atoms. The van der Waals surface area contributed by atoms with Gasteiger partial charge in [-0.1, -0.05) is 29.3 Å². The maximum atomic E-state index is 12.4. The summed E-state index contributed by atoms with van der Waals surface area (Å²) in [4.78, 5) is 44.1. The summed E-state index contributed by atoms with van der Waals surface area (Å²) in [5, 5.41) is 0.581. The van der Waals surface area contributed by atoms with Crippen molar-refractivity contribution in [3.8, 4) is 0 Å². The van der Waals surface area contributed by atoms with Crippen LogP contribution < -0.4 is 4.90 Å². The summed E-state index contributed by atoms with van der Waals surface area (Å²) >= 11 is 0. The van der Waals surface area contributed by atoms with Crippen molar-refractivity contribution in [1.82, 2.24) is 5.06 Å². The molecule has 4 rings (SSSR count). The number of anilines is 1. The zero-order chi connectivity index (χ0) is 18.4. The first-order chi connectivity index (χ1) is 12.5. The molecule has 1 heterocycles. The summed E-state index contributed by atoms with van der Waals surface area (Å²) < 4.78 is 0. The van der Waals surface area contributed by atoms with Crippen LogP contribution in [0.25, 0.3) is 0 Å². The molecule has 0 radical (unpaired) electrons. The van der Waals surface area contributed by atoms with E-state index in [4.69, 9.17) is 4.84 Å². The van der Waals surface area contributed by atoms with Crippen LogP contribution in [-0.2, 0) is 9.63 Å². The Bertz CT molecular complexity index is 869. The SMILES string of the molecule is CN(C)c1ccc([C@@H]2C[C@H]2C(=O)ON2C(=O)c3ccccc3C2=O)cc1. The minimum Gasteiger partial charge on any atom is -0.378 e. The van der Waals surface area contributed by atoms with E-state index in [0.29, 0.717) is 11.5 Å². The molecule has 1 aliphatic heterocycles. The molecule has 2 aliphatic rings. The third-order valence-electron chi connectivity index (χ3n) is 4.87. The molecule has 2 amide bonds. The number of hydroxylamine groups is 2. The fourth-order valence-corrected chi connectivity index (χ4v) is 3.25. The van der Waals surface area contributed by atoms with E-state index in [2.05, 4.69) is 0 Å². The zero-order valence-electron chi connectivity index (χ0n) is 14.5. The standard InChI is InChI=1S/C20H18N2O4/c1-21(2)13-9-7-12(8-10-13)16-11-17(16)20(25)26-22-18(23)14-5-3-4-6-15(14)19(22)24/h3-10,16-17H,11H2,1-2H3/t16-,17+/m0/s1. The van der Waals surface area contributed by atoms with Gasteiger partial charge in [0.25, 0.3) is 11.8 Å². The Morgan fingerprint density at radius 2 is 1.58 bits per heavy atom. The van der Waals surface area contributed by atoms with Crippen LogP contribution in [0.5, 0.6) is 0 Å². The fraction of sp³-hybridized carbons (Fsp3) is 0.250. The van der Waals surface area contributed by atoms with Gasteiger partial charge in [-0.15, -0.1) is 0 Å². The van der Waals surface area contributed by atoms with Gasteiger partial charge in [0.1, 0.15) is 0 Å². The van der Waals surface area contributed by atoms with Crippen molar-refractivity contribution in [2.75, 3.05) is 19.0 Å². The lowest BCUT2D eigenvalue weighted by Gasteiger charge is -2.13. The fourth-order valence-electron chi connectivity index (χ4n) is 3.25. The van der Waals surface area contributed by atoms with E-state index in [9.17, 15) is 14.4 Å². The van der Waals surface area contributed by atoms with E-state index in [0.717, 1.165) is 11.3 Å². The summed E-state index contributed by atoms with van der Waals surface area (Å²) in [5.41, 5.74) is 2.66. The molecule has 26 heavy (non-hydrogen) atoms. The van der Waals surface area contributed by atoms with E-state index < -0.39 is 17.8 Å². The molecule has 6 nitrogen and oxygen atoms in total. The third-order valence-corrected chi connectivity index (χ3v) is 4.87. The van der Waals surface area contributed by atoms with E-state index in [-0.39, 0.29) is 23.0 Å². The van der Waals surface area contributed by atoms with E-state index in [1.54, 1.807) is 24.3 Å². The molecule has 1 saturated carbocycles. The minimum absolute atomic E-state index is 0.0638. The molecule has 6 heteroatoms. The van der Waals surface area contributed by atoms with Gasteiger partial charge in [-0.05, 0) is 42.2 Å². The highest BCUT2D eigenvalue weighted by molar-refractivity contribution is 6.20. The summed E-state index contributed by atoms with van der Waals surface area (Å²) in [6.07, 6.45) is 0.656. The quantitative estimate of drug-likeness (QED) is 0.793. The Labute approximate surface area is 150 Å². The van der Waals surface area contributed by atoms with Gasteiger partial charge in [0.05, 0.1) is 17.0 Å². The molecular formula is C20H18N2O4. The Balaban J connectivity index is 1.43. The van der Waals surface area contributed by atoms with E-state index >= 15 is 0 Å². The molecule has 0 aromatic heterocycles. The van der Waals surface area contributed by atoms with Gasteiger partial charge in [0, 0.05) is 19.8 Å². The van der Waals surface area contributed by atoms with Crippen LogP contribution in [0.15, 0.2) is 48.5 Å². The number of imide groups is 1. The molecule has 1 fully saturated rings. The first kappa shape index (κ1) is 16.3. The lowest BCUT2D eigenvalue weighted by atomic mass is 10.1. The smallest absolute Gasteiger partial charge is 0.336 e. The predicted molar refractivity (Wildman–Crippen MR) is 94.7 cm³/mol. The van der Waals surface area contributed by atoms with E-state index in [1.165, 1.54) is 0 Å². The minimum atomic E-state index is -0.591. The molecule has 0 bridgehead atoms. The lowest BCUT2D eigenvalue weighted by Crippen LogP contribution is -2.33. The van der Waals surface area contributed by atoms with Crippen molar-refractivity contribution in [1.29, 1.82) is 0 Å². The van der Waals surface area contributed by atoms with Gasteiger partial charge >= 0.3 is 5.97 Å². The second-order valence-electron chi connectivity index (χ2n) is 6.80. The number of nitrogens with zero attached hydrogens (tertiary/aromatic N) is 2. The van der Waals surface area contributed by atoms with Crippen LogP contribution in [0, 0.1) is 5.92 Å². The van der Waals surface area contributed by atoms with Gasteiger partial charge < -0.3 is 9.74 Å². The summed E-state index contributed by atoms with van der Waals surface area (Å²) in [6.45, 7) is 0. The Hall–Kier alpha value is -3.15. The predicted octanol–water partition coefficient (Wildman–Crippen LogP) is 2.61. The highest BCUT2D eigenvalue weighted by Gasteiger charge is 2.48. The summed E-state index contributed by atoms with van der Waals surface area (Å²) in [6, 6.07) is 14.4. The number of rotatable bonds is 4. The number of hydrogen-bond donors (Lipinski definition) is 0. The van der Waals surface area contributed by atoms with Crippen molar-refractivity contribution >= 4 is 23.5 Å². The number of hydrogen-bond acceptors (Lipinski definition) is 5. The number of carbonyl (C=O) groups is 3. The van der Waals surface area contributed by atoms with Crippen LogP contribution in [-0.4, -0.2) is 36.9 Å². The van der Waals surface area contributed by atoms with Gasteiger partial charge in [-0.3, -0.25) is 9.59 Å². The van der Waals surface area contributed by atoms with E-state index in [1.807, 2.05) is 43.3 Å². The highest BCUT2D eigenvalue weighted by Crippen LogP contribution is 2.48. The van der Waals surface area contributed by atoms with Crippen molar-refractivity contribution in [3.05, 3.63) is 65.2 Å². The van der Waals surface area contributed by atoms with Crippen molar-refractivity contribution in [2.24, 2.45) is 5.92 Å². The molecule has 132 valence electrons. The second kappa shape index (κ2) is 5.98. The monoisotopic (exact) mass is 350 g/mol. The molecule has 1 aliphatic carbocycles. The molecule has 2 aromatic carbocycles. The molecule has 0 N–H and O–H groups in total. The number of benzene rings is 2. The normalized spacial score (nSPS) is 20.8. The second-order valence-corrected chi connectivity index (χ2v) is 6.80. The highest BCUT2D eigenvalue weighted by atomic mass is 16.7. The van der Waals surface area contributed by atoms with Crippen molar-refractivity contribution in [3.63, 3.8) is 0 Å². The number of carbonyl (C=O) groups excluding carboxylic acids is 3. The number of fused-ring (bicyclic) bond motifs is 1. The van der Waals surface area contributed by atoms with Gasteiger partial charge in [0.2, 0.25) is 0 Å². The Morgan fingerprint density at radius 3 is 2.12 bits per heavy atom. The third kappa shape index (κ3) is 2.63. The average molecular weight is 350 g/mol. The topological polar surface area (TPSA) is 66.9 Å². The van der Waals surface area contributed by atoms with Crippen LogP contribution in [0.2, 0.25) is 0 Å².